The van der Waals surface area contributed by atoms with Crippen LogP contribution in [0.25, 0.3) is 10.9 Å². The van der Waals surface area contributed by atoms with E-state index in [1.807, 2.05) is 0 Å². The zero-order chi connectivity index (χ0) is 20.9. The number of aromatic nitrogens is 3. The predicted octanol–water partition coefficient (Wildman–Crippen LogP) is 3.65. The summed E-state index contributed by atoms with van der Waals surface area (Å²) in [4.78, 5) is 18.3. The van der Waals surface area contributed by atoms with E-state index in [0.29, 0.717) is 13.2 Å². The van der Waals surface area contributed by atoms with Gasteiger partial charge in [-0.1, -0.05) is 0 Å². The van der Waals surface area contributed by atoms with Gasteiger partial charge in [-0.05, 0) is 50.6 Å². The Morgan fingerprint density at radius 3 is 2.80 bits per heavy atom. The smallest absolute Gasteiger partial charge is 0.140 e. The summed E-state index contributed by atoms with van der Waals surface area (Å²) in [7, 11) is 0. The molecule has 0 spiro atoms. The van der Waals surface area contributed by atoms with E-state index >= 15 is 0 Å². The van der Waals surface area contributed by atoms with Crippen LogP contribution in [0.4, 0.5) is 15.9 Å². The molecule has 2 aliphatic rings. The first-order valence-corrected chi connectivity index (χ1v) is 10.4. The predicted molar refractivity (Wildman–Crippen MR) is 115 cm³/mol. The third kappa shape index (κ3) is 3.47. The first-order chi connectivity index (χ1) is 14.4. The molecule has 0 aliphatic carbocycles. The van der Waals surface area contributed by atoms with Gasteiger partial charge >= 0.3 is 0 Å². The van der Waals surface area contributed by atoms with Crippen molar-refractivity contribution in [2.45, 2.75) is 39.3 Å². The lowest BCUT2D eigenvalue weighted by molar-refractivity contribution is -0.0277. The second kappa shape index (κ2) is 7.16. The van der Waals surface area contributed by atoms with Gasteiger partial charge in [0.15, 0.2) is 0 Å². The molecule has 1 aromatic carbocycles. The van der Waals surface area contributed by atoms with Crippen LogP contribution in [0.2, 0.25) is 0 Å². The number of fused-ring (bicyclic) bond motifs is 2. The molecular weight excluding hydrogens is 381 g/mol. The first kappa shape index (κ1) is 19.2. The SMILES string of the molecule is Cc1nc2c(cc1N1CCOC(C)(C)C1)CN(c1ncnc3ccc(F)cc13)CC2. The molecule has 0 radical (unpaired) electrons. The van der Waals surface area contributed by atoms with Crippen LogP contribution in [0.3, 0.4) is 0 Å². The second-order valence-corrected chi connectivity index (χ2v) is 8.76. The van der Waals surface area contributed by atoms with Crippen LogP contribution in [0.1, 0.15) is 30.8 Å². The molecule has 5 rings (SSSR count). The lowest BCUT2D eigenvalue weighted by Gasteiger charge is -2.40. The van der Waals surface area contributed by atoms with Crippen LogP contribution in [0.15, 0.2) is 30.6 Å². The summed E-state index contributed by atoms with van der Waals surface area (Å²) in [5.74, 6) is 0.505. The summed E-state index contributed by atoms with van der Waals surface area (Å²) in [6.07, 6.45) is 2.39. The molecule has 2 aliphatic heterocycles. The van der Waals surface area contributed by atoms with Crippen molar-refractivity contribution in [3.63, 3.8) is 0 Å². The van der Waals surface area contributed by atoms with Gasteiger partial charge in [-0.3, -0.25) is 4.98 Å². The Hall–Kier alpha value is -2.80. The van der Waals surface area contributed by atoms with Crippen molar-refractivity contribution in [2.75, 3.05) is 36.0 Å². The standard InChI is InChI=1S/C23H26FN5O/c1-15-21(29-8-9-30-23(2,3)13-29)10-16-12-28(7-6-19(16)27-15)22-18-11-17(24)4-5-20(18)25-14-26-22/h4-5,10-11,14H,6-9,12-13H2,1-3H3. The Morgan fingerprint density at radius 1 is 1.10 bits per heavy atom. The molecule has 4 heterocycles. The van der Waals surface area contributed by atoms with Crippen LogP contribution >= 0.6 is 0 Å². The summed E-state index contributed by atoms with van der Waals surface area (Å²) in [5, 5.41) is 0.746. The maximum absolute atomic E-state index is 13.9. The van der Waals surface area contributed by atoms with Gasteiger partial charge in [0.2, 0.25) is 0 Å². The Bertz CT molecular complexity index is 1120. The average Bonchev–Trinajstić information content (AvgIpc) is 2.72. The summed E-state index contributed by atoms with van der Waals surface area (Å²) >= 11 is 0. The number of pyridine rings is 1. The van der Waals surface area contributed by atoms with Gasteiger partial charge in [0, 0.05) is 43.7 Å². The Kier molecular flexibility index (Phi) is 4.58. The topological polar surface area (TPSA) is 54.4 Å². The molecule has 0 atom stereocenters. The van der Waals surface area contributed by atoms with E-state index in [2.05, 4.69) is 46.6 Å². The van der Waals surface area contributed by atoms with Gasteiger partial charge in [-0.25, -0.2) is 14.4 Å². The van der Waals surface area contributed by atoms with Crippen molar-refractivity contribution in [2.24, 2.45) is 0 Å². The zero-order valence-electron chi connectivity index (χ0n) is 17.7. The van der Waals surface area contributed by atoms with Crippen molar-refractivity contribution in [3.8, 4) is 0 Å². The highest BCUT2D eigenvalue weighted by Crippen LogP contribution is 2.32. The number of morpholine rings is 1. The van der Waals surface area contributed by atoms with Gasteiger partial charge in [-0.2, -0.15) is 0 Å². The number of rotatable bonds is 2. The normalized spacial score (nSPS) is 18.5. The lowest BCUT2D eigenvalue weighted by Crippen LogP contribution is -2.48. The number of anilines is 2. The van der Waals surface area contributed by atoms with Crippen molar-refractivity contribution in [1.29, 1.82) is 0 Å². The highest BCUT2D eigenvalue weighted by Gasteiger charge is 2.29. The molecule has 1 saturated heterocycles. The minimum absolute atomic E-state index is 0.170. The lowest BCUT2D eigenvalue weighted by atomic mass is 10.0. The van der Waals surface area contributed by atoms with Crippen molar-refractivity contribution in [1.82, 2.24) is 15.0 Å². The Balaban J connectivity index is 1.49. The van der Waals surface area contributed by atoms with Gasteiger partial charge < -0.3 is 14.5 Å². The fraction of sp³-hybridized carbons (Fsp3) is 0.435. The highest BCUT2D eigenvalue weighted by molar-refractivity contribution is 5.89. The first-order valence-electron chi connectivity index (χ1n) is 10.4. The number of hydrogen-bond donors (Lipinski definition) is 0. The molecule has 30 heavy (non-hydrogen) atoms. The van der Waals surface area contributed by atoms with E-state index in [4.69, 9.17) is 9.72 Å². The molecule has 156 valence electrons. The molecule has 0 unspecified atom stereocenters. The van der Waals surface area contributed by atoms with Crippen LogP contribution < -0.4 is 9.80 Å². The van der Waals surface area contributed by atoms with E-state index < -0.39 is 0 Å². The summed E-state index contributed by atoms with van der Waals surface area (Å²) in [5.41, 5.74) is 5.17. The quantitative estimate of drug-likeness (QED) is 0.646. The molecule has 3 aromatic rings. The van der Waals surface area contributed by atoms with Crippen LogP contribution in [-0.2, 0) is 17.7 Å². The average molecular weight is 407 g/mol. The summed E-state index contributed by atoms with van der Waals surface area (Å²) in [6.45, 7) is 10.3. The number of benzene rings is 1. The van der Waals surface area contributed by atoms with Gasteiger partial charge in [0.1, 0.15) is 18.0 Å². The molecule has 7 heteroatoms. The van der Waals surface area contributed by atoms with Gasteiger partial charge in [-0.15, -0.1) is 0 Å². The van der Waals surface area contributed by atoms with E-state index in [9.17, 15) is 4.39 Å². The van der Waals surface area contributed by atoms with Gasteiger partial charge in [0.05, 0.1) is 29.1 Å². The number of halogens is 1. The number of ether oxygens (including phenoxy) is 1. The molecule has 0 N–H and O–H groups in total. The molecule has 6 nitrogen and oxygen atoms in total. The monoisotopic (exact) mass is 407 g/mol. The van der Waals surface area contributed by atoms with E-state index in [-0.39, 0.29) is 11.4 Å². The fourth-order valence-electron chi connectivity index (χ4n) is 4.55. The van der Waals surface area contributed by atoms with E-state index in [1.165, 1.54) is 23.4 Å². The third-order valence-corrected chi connectivity index (χ3v) is 5.98. The van der Waals surface area contributed by atoms with Gasteiger partial charge in [0.25, 0.3) is 0 Å². The third-order valence-electron chi connectivity index (χ3n) is 5.98. The molecule has 2 aromatic heterocycles. The van der Waals surface area contributed by atoms with Crippen molar-refractivity contribution in [3.05, 3.63) is 53.4 Å². The zero-order valence-corrected chi connectivity index (χ0v) is 17.7. The van der Waals surface area contributed by atoms with Crippen LogP contribution in [0.5, 0.6) is 0 Å². The molecular formula is C23H26FN5O. The number of hydrogen-bond acceptors (Lipinski definition) is 6. The maximum Gasteiger partial charge on any atom is 0.140 e. The second-order valence-electron chi connectivity index (χ2n) is 8.76. The number of aryl methyl sites for hydroxylation is 1. The molecule has 1 fully saturated rings. The number of nitrogens with zero attached hydrogens (tertiary/aromatic N) is 5. The van der Waals surface area contributed by atoms with E-state index in [1.54, 1.807) is 12.4 Å². The Labute approximate surface area is 175 Å². The maximum atomic E-state index is 13.9. The van der Waals surface area contributed by atoms with Crippen LogP contribution in [-0.4, -0.2) is 46.8 Å². The minimum Gasteiger partial charge on any atom is -0.372 e. The van der Waals surface area contributed by atoms with Crippen LogP contribution in [0, 0.1) is 12.7 Å². The largest absolute Gasteiger partial charge is 0.372 e. The molecule has 0 amide bonds. The minimum atomic E-state index is -0.273. The fourth-order valence-corrected chi connectivity index (χ4v) is 4.55. The van der Waals surface area contributed by atoms with E-state index in [0.717, 1.165) is 54.2 Å². The Morgan fingerprint density at radius 2 is 1.97 bits per heavy atom. The molecule has 0 saturated carbocycles. The summed E-state index contributed by atoms with van der Waals surface area (Å²) < 4.78 is 19.8. The van der Waals surface area contributed by atoms with Crippen molar-refractivity contribution < 1.29 is 9.13 Å². The summed E-state index contributed by atoms with van der Waals surface area (Å²) in [6, 6.07) is 6.94. The molecule has 0 bridgehead atoms. The highest BCUT2D eigenvalue weighted by atomic mass is 19.1. The van der Waals surface area contributed by atoms with Crippen molar-refractivity contribution >= 4 is 22.4 Å².